The second kappa shape index (κ2) is 4.41. The van der Waals surface area contributed by atoms with Crippen LogP contribution in [-0.4, -0.2) is 5.54 Å². The number of hydrogen-bond acceptors (Lipinski definition) is 1. The normalized spacial score (nSPS) is 11.8. The van der Waals surface area contributed by atoms with Crippen LogP contribution in [0.25, 0.3) is 0 Å². The first-order valence-corrected chi connectivity index (χ1v) is 5.41. The molecule has 0 unspecified atom stereocenters. The molecule has 0 saturated heterocycles. The monoisotopic (exact) mass is 259 g/mol. The number of hydrogen-bond donors (Lipinski definition) is 1. The molecule has 0 aliphatic rings. The van der Waals surface area contributed by atoms with E-state index in [1.165, 1.54) is 0 Å². The lowest BCUT2D eigenvalue weighted by Gasteiger charge is -2.18. The summed E-state index contributed by atoms with van der Waals surface area (Å²) in [6.45, 7) is 3.89. The number of nitrogens with two attached hydrogens (primary N) is 1. The third-order valence-electron chi connectivity index (χ3n) is 2.07. The Labute approximate surface area is 92.6 Å². The first-order chi connectivity index (χ1) is 6.40. The zero-order valence-corrected chi connectivity index (χ0v) is 10.1. The van der Waals surface area contributed by atoms with E-state index < -0.39 is 0 Å². The van der Waals surface area contributed by atoms with Gasteiger partial charge < -0.3 is 5.73 Å². The maximum absolute atomic E-state index is 13.5. The number of rotatable bonds is 3. The molecule has 0 atom stereocenters. The minimum atomic E-state index is -0.241. The highest BCUT2D eigenvalue weighted by Gasteiger charge is 2.13. The molecule has 0 bridgehead atoms. The van der Waals surface area contributed by atoms with Gasteiger partial charge in [0.25, 0.3) is 0 Å². The Morgan fingerprint density at radius 3 is 2.64 bits per heavy atom. The van der Waals surface area contributed by atoms with Gasteiger partial charge in [0.05, 0.1) is 4.47 Å². The van der Waals surface area contributed by atoms with Crippen molar-refractivity contribution in [2.24, 2.45) is 5.73 Å². The van der Waals surface area contributed by atoms with Gasteiger partial charge in [0, 0.05) is 5.54 Å². The fourth-order valence-corrected chi connectivity index (χ4v) is 1.61. The van der Waals surface area contributed by atoms with Crippen molar-refractivity contribution in [3.8, 4) is 0 Å². The SMILES string of the molecule is CC(C)(N)CCc1cccc(Br)c1F. The Morgan fingerprint density at radius 1 is 1.43 bits per heavy atom. The van der Waals surface area contributed by atoms with E-state index in [0.29, 0.717) is 10.9 Å². The molecular formula is C11H15BrFN. The van der Waals surface area contributed by atoms with E-state index in [1.807, 2.05) is 19.9 Å². The molecule has 0 radical (unpaired) electrons. The summed E-state index contributed by atoms with van der Waals surface area (Å²) < 4.78 is 14.0. The van der Waals surface area contributed by atoms with Gasteiger partial charge in [-0.1, -0.05) is 12.1 Å². The van der Waals surface area contributed by atoms with Gasteiger partial charge in [-0.2, -0.15) is 0 Å². The maximum atomic E-state index is 13.5. The van der Waals surface area contributed by atoms with Gasteiger partial charge in [-0.15, -0.1) is 0 Å². The van der Waals surface area contributed by atoms with E-state index >= 15 is 0 Å². The zero-order chi connectivity index (χ0) is 10.8. The van der Waals surface area contributed by atoms with Crippen LogP contribution in [0.4, 0.5) is 4.39 Å². The van der Waals surface area contributed by atoms with Crippen LogP contribution in [0.3, 0.4) is 0 Å². The number of halogens is 2. The topological polar surface area (TPSA) is 26.0 Å². The molecule has 1 rings (SSSR count). The standard InChI is InChI=1S/C11H15BrFN/c1-11(2,14)7-6-8-4-3-5-9(12)10(8)13/h3-5H,6-7,14H2,1-2H3. The fourth-order valence-electron chi connectivity index (χ4n) is 1.20. The molecule has 0 fully saturated rings. The summed E-state index contributed by atoms with van der Waals surface area (Å²) in [4.78, 5) is 0. The van der Waals surface area contributed by atoms with Crippen molar-refractivity contribution in [1.29, 1.82) is 0 Å². The van der Waals surface area contributed by atoms with Crippen LogP contribution in [0.15, 0.2) is 22.7 Å². The molecule has 0 saturated carbocycles. The predicted molar refractivity (Wildman–Crippen MR) is 60.7 cm³/mol. The first kappa shape index (κ1) is 11.7. The summed E-state index contributed by atoms with van der Waals surface area (Å²) >= 11 is 3.16. The predicted octanol–water partition coefficient (Wildman–Crippen LogP) is 3.26. The Bertz CT molecular complexity index is 318. The van der Waals surface area contributed by atoms with Gasteiger partial charge in [0.2, 0.25) is 0 Å². The molecule has 0 amide bonds. The third-order valence-corrected chi connectivity index (χ3v) is 2.68. The molecule has 0 aliphatic heterocycles. The lowest BCUT2D eigenvalue weighted by molar-refractivity contribution is 0.470. The van der Waals surface area contributed by atoms with Crippen molar-refractivity contribution in [1.82, 2.24) is 0 Å². The van der Waals surface area contributed by atoms with Crippen molar-refractivity contribution in [3.63, 3.8) is 0 Å². The maximum Gasteiger partial charge on any atom is 0.140 e. The summed E-state index contributed by atoms with van der Waals surface area (Å²) in [7, 11) is 0. The second-order valence-electron chi connectivity index (χ2n) is 4.20. The molecule has 14 heavy (non-hydrogen) atoms. The van der Waals surface area contributed by atoms with Crippen LogP contribution in [0.1, 0.15) is 25.8 Å². The van der Waals surface area contributed by atoms with Gasteiger partial charge in [0.1, 0.15) is 5.82 Å². The smallest absolute Gasteiger partial charge is 0.140 e. The lowest BCUT2D eigenvalue weighted by atomic mass is 9.96. The van der Waals surface area contributed by atoms with Crippen molar-refractivity contribution in [2.45, 2.75) is 32.2 Å². The van der Waals surface area contributed by atoms with Crippen molar-refractivity contribution in [2.75, 3.05) is 0 Å². The Balaban J connectivity index is 2.73. The summed E-state index contributed by atoms with van der Waals surface area (Å²) in [5, 5.41) is 0. The minimum Gasteiger partial charge on any atom is -0.326 e. The molecule has 3 heteroatoms. The van der Waals surface area contributed by atoms with Crippen LogP contribution in [0, 0.1) is 5.82 Å². The molecular weight excluding hydrogens is 245 g/mol. The summed E-state index contributed by atoms with van der Waals surface area (Å²) in [5.74, 6) is -0.170. The summed E-state index contributed by atoms with van der Waals surface area (Å²) in [6.07, 6.45) is 1.45. The fraction of sp³-hybridized carbons (Fsp3) is 0.455. The third kappa shape index (κ3) is 3.39. The average Bonchev–Trinajstić information content (AvgIpc) is 2.06. The van der Waals surface area contributed by atoms with Crippen LogP contribution in [-0.2, 0) is 6.42 Å². The van der Waals surface area contributed by atoms with Crippen LogP contribution in [0.2, 0.25) is 0 Å². The van der Waals surface area contributed by atoms with Crippen LogP contribution >= 0.6 is 15.9 Å². The highest BCUT2D eigenvalue weighted by molar-refractivity contribution is 9.10. The van der Waals surface area contributed by atoms with Crippen molar-refractivity contribution >= 4 is 15.9 Å². The molecule has 1 aromatic rings. The molecule has 78 valence electrons. The van der Waals surface area contributed by atoms with E-state index in [2.05, 4.69) is 15.9 Å². The van der Waals surface area contributed by atoms with Gasteiger partial charge in [0.15, 0.2) is 0 Å². The quantitative estimate of drug-likeness (QED) is 0.886. The average molecular weight is 260 g/mol. The van der Waals surface area contributed by atoms with E-state index in [1.54, 1.807) is 12.1 Å². The molecule has 1 nitrogen and oxygen atoms in total. The zero-order valence-electron chi connectivity index (χ0n) is 8.48. The highest BCUT2D eigenvalue weighted by Crippen LogP contribution is 2.21. The number of benzene rings is 1. The van der Waals surface area contributed by atoms with E-state index in [4.69, 9.17) is 5.73 Å². The van der Waals surface area contributed by atoms with E-state index in [9.17, 15) is 4.39 Å². The van der Waals surface area contributed by atoms with E-state index in [-0.39, 0.29) is 11.4 Å². The summed E-state index contributed by atoms with van der Waals surface area (Å²) in [6, 6.07) is 5.34. The van der Waals surface area contributed by atoms with Crippen LogP contribution < -0.4 is 5.73 Å². The largest absolute Gasteiger partial charge is 0.326 e. The van der Waals surface area contributed by atoms with Crippen molar-refractivity contribution < 1.29 is 4.39 Å². The van der Waals surface area contributed by atoms with Gasteiger partial charge in [-0.25, -0.2) is 4.39 Å². The second-order valence-corrected chi connectivity index (χ2v) is 5.06. The molecule has 0 aromatic heterocycles. The Morgan fingerprint density at radius 2 is 2.07 bits per heavy atom. The van der Waals surface area contributed by atoms with Crippen molar-refractivity contribution in [3.05, 3.63) is 34.1 Å². The first-order valence-electron chi connectivity index (χ1n) is 4.62. The molecule has 0 aliphatic carbocycles. The molecule has 0 heterocycles. The van der Waals surface area contributed by atoms with Gasteiger partial charge >= 0.3 is 0 Å². The Hall–Kier alpha value is -0.410. The molecule has 0 spiro atoms. The Kier molecular flexibility index (Phi) is 3.67. The lowest BCUT2D eigenvalue weighted by Crippen LogP contribution is -2.32. The minimum absolute atomic E-state index is 0.170. The number of aryl methyl sites for hydroxylation is 1. The van der Waals surface area contributed by atoms with Gasteiger partial charge in [-0.3, -0.25) is 0 Å². The van der Waals surface area contributed by atoms with Gasteiger partial charge in [-0.05, 0) is 54.2 Å². The summed E-state index contributed by atoms with van der Waals surface area (Å²) in [5.41, 5.74) is 6.32. The van der Waals surface area contributed by atoms with E-state index in [0.717, 1.165) is 12.0 Å². The molecule has 1 aromatic carbocycles. The molecule has 2 N–H and O–H groups in total. The van der Waals surface area contributed by atoms with Crippen LogP contribution in [0.5, 0.6) is 0 Å². The highest BCUT2D eigenvalue weighted by atomic mass is 79.9.